The number of hydrogen-bond donors (Lipinski definition) is 1. The standard InChI is InChI=1S/C21H18N4O4/c1-13(25-20(28)15-9-5-6-10-16(15)21(25)29)19(27)24-17(18(26)12-23-22)11-14-7-3-2-4-8-14/h2-10,12-13,17H,11H2,1H3,(H,24,27)/t13-,17-/m0/s1. The number of benzene rings is 2. The van der Waals surface area contributed by atoms with Gasteiger partial charge in [-0.2, -0.15) is 4.79 Å². The number of carbonyl (C=O) groups is 4. The van der Waals surface area contributed by atoms with E-state index in [-0.39, 0.29) is 17.5 Å². The minimum Gasteiger partial charge on any atom is -0.361 e. The van der Waals surface area contributed by atoms with Gasteiger partial charge in [-0.25, -0.2) is 0 Å². The molecule has 3 rings (SSSR count). The van der Waals surface area contributed by atoms with E-state index in [4.69, 9.17) is 5.53 Å². The number of hydrogen-bond acceptors (Lipinski definition) is 4. The molecular formula is C21H18N4O4. The Morgan fingerprint density at radius 2 is 1.59 bits per heavy atom. The number of imide groups is 1. The second-order valence-electron chi connectivity index (χ2n) is 6.60. The van der Waals surface area contributed by atoms with Gasteiger partial charge in [-0.3, -0.25) is 24.1 Å². The molecule has 2 aromatic carbocycles. The largest absolute Gasteiger partial charge is 0.361 e. The van der Waals surface area contributed by atoms with Crippen LogP contribution in [0.5, 0.6) is 0 Å². The van der Waals surface area contributed by atoms with Crippen LogP contribution < -0.4 is 5.32 Å². The Morgan fingerprint density at radius 1 is 1.03 bits per heavy atom. The first kappa shape index (κ1) is 19.9. The fraction of sp³-hybridized carbons (Fsp3) is 0.190. The van der Waals surface area contributed by atoms with Crippen molar-refractivity contribution in [3.05, 3.63) is 76.8 Å². The van der Waals surface area contributed by atoms with Crippen molar-refractivity contribution < 1.29 is 24.0 Å². The van der Waals surface area contributed by atoms with Crippen molar-refractivity contribution in [1.82, 2.24) is 10.2 Å². The molecule has 0 fully saturated rings. The number of amides is 3. The van der Waals surface area contributed by atoms with E-state index in [9.17, 15) is 19.2 Å². The maximum atomic E-state index is 12.8. The maximum absolute atomic E-state index is 12.8. The molecule has 0 radical (unpaired) electrons. The molecule has 146 valence electrons. The van der Waals surface area contributed by atoms with Crippen molar-refractivity contribution in [1.29, 1.82) is 0 Å². The molecule has 0 aromatic heterocycles. The summed E-state index contributed by atoms with van der Waals surface area (Å²) >= 11 is 0. The van der Waals surface area contributed by atoms with Crippen LogP contribution in [0, 0.1) is 0 Å². The van der Waals surface area contributed by atoms with Crippen LogP contribution in [0.4, 0.5) is 0 Å². The summed E-state index contributed by atoms with van der Waals surface area (Å²) in [5.41, 5.74) is 9.93. The molecule has 1 aliphatic rings. The molecule has 2 atom stereocenters. The average Bonchev–Trinajstić information content (AvgIpc) is 2.98. The normalized spacial score (nSPS) is 14.6. The molecule has 0 saturated heterocycles. The van der Waals surface area contributed by atoms with E-state index >= 15 is 0 Å². The van der Waals surface area contributed by atoms with Gasteiger partial charge in [-0.1, -0.05) is 42.5 Å². The summed E-state index contributed by atoms with van der Waals surface area (Å²) in [7, 11) is 0. The zero-order valence-electron chi connectivity index (χ0n) is 15.6. The third-order valence-electron chi connectivity index (χ3n) is 4.72. The van der Waals surface area contributed by atoms with Crippen LogP contribution in [-0.2, 0) is 16.0 Å². The first-order chi connectivity index (χ1) is 13.9. The van der Waals surface area contributed by atoms with E-state index < -0.39 is 35.6 Å². The molecule has 29 heavy (non-hydrogen) atoms. The van der Waals surface area contributed by atoms with Crippen LogP contribution in [0.25, 0.3) is 5.53 Å². The molecule has 1 aliphatic heterocycles. The summed E-state index contributed by atoms with van der Waals surface area (Å²) in [6.07, 6.45) is 0.868. The lowest BCUT2D eigenvalue weighted by atomic mass is 10.0. The van der Waals surface area contributed by atoms with Crippen molar-refractivity contribution in [2.24, 2.45) is 0 Å². The fourth-order valence-electron chi connectivity index (χ4n) is 3.19. The minimum atomic E-state index is -1.13. The SMILES string of the molecule is C[C@@H](C(=O)N[C@@H](Cc1ccccc1)C(=O)C=[N+]=[N-])N1C(=O)c2ccccc2C1=O. The zero-order valence-corrected chi connectivity index (χ0v) is 15.6. The lowest BCUT2D eigenvalue weighted by Gasteiger charge is -2.24. The van der Waals surface area contributed by atoms with Crippen LogP contribution in [0.15, 0.2) is 54.6 Å². The van der Waals surface area contributed by atoms with Crippen molar-refractivity contribution >= 4 is 29.7 Å². The first-order valence-electron chi connectivity index (χ1n) is 8.96. The van der Waals surface area contributed by atoms with Gasteiger partial charge in [0.2, 0.25) is 5.91 Å². The Bertz CT molecular complexity index is 993. The molecule has 0 unspecified atom stereocenters. The Kier molecular flexibility index (Phi) is 5.76. The second-order valence-corrected chi connectivity index (χ2v) is 6.60. The molecule has 0 bridgehead atoms. The van der Waals surface area contributed by atoms with Gasteiger partial charge in [0.15, 0.2) is 0 Å². The highest BCUT2D eigenvalue weighted by atomic mass is 16.2. The molecule has 0 saturated carbocycles. The van der Waals surface area contributed by atoms with Crippen molar-refractivity contribution in [3.8, 4) is 0 Å². The van der Waals surface area contributed by atoms with Gasteiger partial charge in [0.05, 0.1) is 11.1 Å². The Hall–Kier alpha value is -3.90. The predicted molar refractivity (Wildman–Crippen MR) is 103 cm³/mol. The Balaban J connectivity index is 1.79. The first-order valence-corrected chi connectivity index (χ1v) is 8.96. The number of rotatable bonds is 7. The van der Waals surface area contributed by atoms with Crippen LogP contribution in [0.1, 0.15) is 33.2 Å². The number of fused-ring (bicyclic) bond motifs is 1. The summed E-state index contributed by atoms with van der Waals surface area (Å²) in [5.74, 6) is -2.40. The third-order valence-corrected chi connectivity index (χ3v) is 4.72. The number of ketones is 1. The van der Waals surface area contributed by atoms with Gasteiger partial charge in [-0.05, 0) is 24.6 Å². The van der Waals surface area contributed by atoms with E-state index in [2.05, 4.69) is 10.1 Å². The molecular weight excluding hydrogens is 372 g/mol. The zero-order chi connectivity index (χ0) is 21.0. The van der Waals surface area contributed by atoms with Crippen LogP contribution in [0.2, 0.25) is 0 Å². The lowest BCUT2D eigenvalue weighted by molar-refractivity contribution is -0.128. The van der Waals surface area contributed by atoms with Crippen molar-refractivity contribution in [3.63, 3.8) is 0 Å². The summed E-state index contributed by atoms with van der Waals surface area (Å²) in [4.78, 5) is 53.8. The summed E-state index contributed by atoms with van der Waals surface area (Å²) in [5, 5.41) is 2.56. The molecule has 2 aromatic rings. The molecule has 8 nitrogen and oxygen atoms in total. The van der Waals surface area contributed by atoms with Gasteiger partial charge in [0, 0.05) is 6.42 Å². The van der Waals surface area contributed by atoms with Crippen LogP contribution >= 0.6 is 0 Å². The van der Waals surface area contributed by atoms with Crippen LogP contribution in [-0.4, -0.2) is 51.5 Å². The van der Waals surface area contributed by atoms with Crippen LogP contribution in [0.3, 0.4) is 0 Å². The second kappa shape index (κ2) is 8.41. The number of nitrogens with one attached hydrogen (secondary N) is 1. The summed E-state index contributed by atoms with van der Waals surface area (Å²) in [6.45, 7) is 1.42. The summed E-state index contributed by atoms with van der Waals surface area (Å²) < 4.78 is 0. The molecule has 0 aliphatic carbocycles. The van der Waals surface area contributed by atoms with E-state index in [0.717, 1.165) is 10.5 Å². The third kappa shape index (κ3) is 4.02. The minimum absolute atomic E-state index is 0.159. The number of nitrogens with zero attached hydrogens (tertiary/aromatic N) is 3. The topological polar surface area (TPSA) is 120 Å². The van der Waals surface area contributed by atoms with Crippen molar-refractivity contribution in [2.75, 3.05) is 0 Å². The predicted octanol–water partition coefficient (Wildman–Crippen LogP) is 1.27. The molecule has 1 N–H and O–H groups in total. The van der Waals surface area contributed by atoms with Gasteiger partial charge in [0.1, 0.15) is 12.1 Å². The maximum Gasteiger partial charge on any atom is 0.325 e. The molecule has 1 heterocycles. The average molecular weight is 390 g/mol. The van der Waals surface area contributed by atoms with Gasteiger partial charge in [-0.15, -0.1) is 0 Å². The van der Waals surface area contributed by atoms with E-state index in [0.29, 0.717) is 6.21 Å². The Labute approximate surface area is 166 Å². The lowest BCUT2D eigenvalue weighted by Crippen LogP contribution is -2.52. The van der Waals surface area contributed by atoms with Gasteiger partial charge < -0.3 is 10.8 Å². The molecule has 3 amide bonds. The van der Waals surface area contributed by atoms with E-state index in [1.54, 1.807) is 36.4 Å². The highest BCUT2D eigenvalue weighted by molar-refractivity contribution is 6.28. The smallest absolute Gasteiger partial charge is 0.325 e. The quantitative estimate of drug-likeness (QED) is 0.331. The van der Waals surface area contributed by atoms with E-state index in [1.807, 2.05) is 6.07 Å². The Morgan fingerprint density at radius 3 is 2.14 bits per heavy atom. The molecule has 8 heteroatoms. The number of Topliss-reactive ketones (excluding diaryl/α,β-unsaturated/α-hetero) is 1. The van der Waals surface area contributed by atoms with Gasteiger partial charge in [0.25, 0.3) is 17.6 Å². The monoisotopic (exact) mass is 390 g/mol. The summed E-state index contributed by atoms with van der Waals surface area (Å²) in [6, 6.07) is 13.2. The number of carbonyl (C=O) groups excluding carboxylic acids is 4. The van der Waals surface area contributed by atoms with Gasteiger partial charge >= 0.3 is 6.21 Å². The fourth-order valence-corrected chi connectivity index (χ4v) is 3.19. The highest BCUT2D eigenvalue weighted by Gasteiger charge is 2.41. The van der Waals surface area contributed by atoms with E-state index in [1.165, 1.54) is 19.1 Å². The van der Waals surface area contributed by atoms with Crippen molar-refractivity contribution in [2.45, 2.75) is 25.4 Å². The highest BCUT2D eigenvalue weighted by Crippen LogP contribution is 2.24. The molecule has 0 spiro atoms.